The Hall–Kier alpha value is -1.22. The first-order valence-corrected chi connectivity index (χ1v) is 6.88. The summed E-state index contributed by atoms with van der Waals surface area (Å²) >= 11 is 0. The number of piperidine rings is 2. The molecule has 0 spiro atoms. The number of ketones is 1. The minimum absolute atomic E-state index is 0.200. The van der Waals surface area contributed by atoms with Crippen LogP contribution < -0.4 is 0 Å². The summed E-state index contributed by atoms with van der Waals surface area (Å²) in [4.78, 5) is 19.4. The maximum atomic E-state index is 12.8. The lowest BCUT2D eigenvalue weighted by Gasteiger charge is -2.58. The molecule has 4 rings (SSSR count). The molecule has 18 heavy (non-hydrogen) atoms. The maximum absolute atomic E-state index is 12.8. The van der Waals surface area contributed by atoms with Crippen LogP contribution in [0.1, 0.15) is 42.2 Å². The van der Waals surface area contributed by atoms with E-state index in [1.165, 1.54) is 6.42 Å². The van der Waals surface area contributed by atoms with Crippen LogP contribution in [0.15, 0.2) is 18.3 Å². The predicted molar refractivity (Wildman–Crippen MR) is 70.6 cm³/mol. The highest BCUT2D eigenvalue weighted by Gasteiger charge is 2.56. The Bertz CT molecular complexity index is 460. The van der Waals surface area contributed by atoms with Gasteiger partial charge < -0.3 is 0 Å². The smallest absolute Gasteiger partial charge is 0.184 e. The summed E-state index contributed by atoms with van der Waals surface area (Å²) in [5, 5.41) is 0. The topological polar surface area (TPSA) is 33.2 Å². The highest BCUT2D eigenvalue weighted by molar-refractivity contribution is 6.04. The van der Waals surface area contributed by atoms with Crippen LogP contribution in [0.2, 0.25) is 0 Å². The summed E-state index contributed by atoms with van der Waals surface area (Å²) in [5.41, 5.74) is 1.54. The Kier molecular flexibility index (Phi) is 2.74. The van der Waals surface area contributed by atoms with E-state index >= 15 is 0 Å². The first-order valence-electron chi connectivity index (χ1n) is 6.88. The van der Waals surface area contributed by atoms with Crippen molar-refractivity contribution in [3.05, 3.63) is 29.6 Å². The van der Waals surface area contributed by atoms with Gasteiger partial charge in [-0.15, -0.1) is 0 Å². The van der Waals surface area contributed by atoms with Crippen molar-refractivity contribution in [2.45, 2.75) is 38.6 Å². The molecule has 1 aliphatic carbocycles. The predicted octanol–water partition coefficient (Wildman–Crippen LogP) is 2.45. The van der Waals surface area contributed by atoms with E-state index in [1.807, 2.05) is 19.1 Å². The van der Waals surface area contributed by atoms with Crippen LogP contribution in [-0.2, 0) is 0 Å². The number of Topliss-reactive ketones (excluding diaryl/α,β-unsaturated/α-hetero) is 1. The van der Waals surface area contributed by atoms with E-state index in [0.717, 1.165) is 43.1 Å². The molecule has 3 heteroatoms. The fourth-order valence-corrected chi connectivity index (χ4v) is 3.57. The number of pyridine rings is 1. The molecule has 96 valence electrons. The average Bonchev–Trinajstić information content (AvgIpc) is 2.37. The molecular weight excluding hydrogens is 224 g/mol. The summed E-state index contributed by atoms with van der Waals surface area (Å²) < 4.78 is 0. The first-order chi connectivity index (χ1) is 8.65. The van der Waals surface area contributed by atoms with Gasteiger partial charge in [0.2, 0.25) is 0 Å². The van der Waals surface area contributed by atoms with Crippen molar-refractivity contribution in [1.82, 2.24) is 9.88 Å². The van der Waals surface area contributed by atoms with E-state index in [2.05, 4.69) is 16.8 Å². The van der Waals surface area contributed by atoms with E-state index < -0.39 is 0 Å². The zero-order chi connectivity index (χ0) is 12.8. The van der Waals surface area contributed by atoms with E-state index in [0.29, 0.717) is 0 Å². The molecule has 2 saturated heterocycles. The minimum Gasteiger partial charge on any atom is -0.292 e. The van der Waals surface area contributed by atoms with E-state index in [9.17, 15) is 4.79 Å². The molecule has 0 amide bonds. The molecule has 1 saturated carbocycles. The van der Waals surface area contributed by atoms with Crippen LogP contribution >= 0.6 is 0 Å². The van der Waals surface area contributed by atoms with Crippen LogP contribution in [0.3, 0.4) is 0 Å². The van der Waals surface area contributed by atoms with Gasteiger partial charge in [0.1, 0.15) is 0 Å². The molecule has 0 radical (unpaired) electrons. The SMILES string of the molecule is CCN1CCC2CC1(C(=O)c1ccc(C)nc1)C2. The molecule has 1 aromatic rings. The van der Waals surface area contributed by atoms with Crippen LogP contribution in [0, 0.1) is 12.8 Å². The van der Waals surface area contributed by atoms with Crippen LogP contribution in [0.4, 0.5) is 0 Å². The van der Waals surface area contributed by atoms with Crippen LogP contribution in [0.5, 0.6) is 0 Å². The molecule has 0 atom stereocenters. The second kappa shape index (κ2) is 4.16. The van der Waals surface area contributed by atoms with Gasteiger partial charge in [-0.2, -0.15) is 0 Å². The van der Waals surface area contributed by atoms with Gasteiger partial charge >= 0.3 is 0 Å². The molecule has 3 fully saturated rings. The summed E-state index contributed by atoms with van der Waals surface area (Å²) in [6.07, 6.45) is 5.10. The molecule has 3 heterocycles. The Labute approximate surface area is 108 Å². The van der Waals surface area contributed by atoms with Gasteiger partial charge in [0.05, 0.1) is 5.54 Å². The molecule has 2 bridgehead atoms. The highest BCUT2D eigenvalue weighted by atomic mass is 16.1. The van der Waals surface area contributed by atoms with Crippen LogP contribution in [0.25, 0.3) is 0 Å². The molecular formula is C15H20N2O. The van der Waals surface area contributed by atoms with Crippen molar-refractivity contribution in [1.29, 1.82) is 0 Å². The molecule has 1 aromatic heterocycles. The number of carbonyl (C=O) groups is 1. The van der Waals surface area contributed by atoms with E-state index in [-0.39, 0.29) is 11.3 Å². The van der Waals surface area contributed by atoms with Crippen molar-refractivity contribution in [2.75, 3.05) is 13.1 Å². The van der Waals surface area contributed by atoms with Crippen molar-refractivity contribution < 1.29 is 4.79 Å². The number of aryl methyl sites for hydroxylation is 1. The third kappa shape index (κ3) is 1.61. The average molecular weight is 244 g/mol. The van der Waals surface area contributed by atoms with E-state index in [1.54, 1.807) is 6.20 Å². The number of rotatable bonds is 3. The molecule has 2 aliphatic heterocycles. The standard InChI is InChI=1S/C15H20N2O/c1-3-17-7-6-12-8-15(17,9-12)14(18)13-5-4-11(2)16-10-13/h4-5,10,12H,3,6-9H2,1-2H3. The van der Waals surface area contributed by atoms with Gasteiger partial charge in [-0.25, -0.2) is 0 Å². The number of nitrogens with zero attached hydrogens (tertiary/aromatic N) is 2. The van der Waals surface area contributed by atoms with Gasteiger partial charge in [-0.3, -0.25) is 14.7 Å². The Morgan fingerprint density at radius 3 is 2.89 bits per heavy atom. The molecule has 0 unspecified atom stereocenters. The summed E-state index contributed by atoms with van der Waals surface area (Å²) in [5.74, 6) is 1.06. The second-order valence-electron chi connectivity index (χ2n) is 5.69. The monoisotopic (exact) mass is 244 g/mol. The Morgan fingerprint density at radius 2 is 2.28 bits per heavy atom. The minimum atomic E-state index is -0.200. The van der Waals surface area contributed by atoms with E-state index in [4.69, 9.17) is 0 Å². The lowest BCUT2D eigenvalue weighted by Crippen LogP contribution is -2.66. The highest BCUT2D eigenvalue weighted by Crippen LogP contribution is 2.50. The normalized spacial score (nSPS) is 30.9. The Balaban J connectivity index is 1.89. The Morgan fingerprint density at radius 1 is 1.50 bits per heavy atom. The van der Waals surface area contributed by atoms with Crippen molar-refractivity contribution in [2.24, 2.45) is 5.92 Å². The molecule has 3 nitrogen and oxygen atoms in total. The van der Waals surface area contributed by atoms with Gasteiger partial charge in [-0.05, 0) is 57.3 Å². The van der Waals surface area contributed by atoms with Crippen LogP contribution in [-0.4, -0.2) is 34.3 Å². The van der Waals surface area contributed by atoms with Gasteiger partial charge in [0.15, 0.2) is 5.78 Å². The van der Waals surface area contributed by atoms with Crippen molar-refractivity contribution >= 4 is 5.78 Å². The fourth-order valence-electron chi connectivity index (χ4n) is 3.57. The van der Waals surface area contributed by atoms with Gasteiger partial charge in [0, 0.05) is 17.5 Å². The summed E-state index contributed by atoms with van der Waals surface area (Å²) in [7, 11) is 0. The van der Waals surface area contributed by atoms with Crippen molar-refractivity contribution in [3.63, 3.8) is 0 Å². The second-order valence-corrected chi connectivity index (χ2v) is 5.69. The lowest BCUT2D eigenvalue weighted by atomic mass is 9.60. The maximum Gasteiger partial charge on any atom is 0.184 e. The quantitative estimate of drug-likeness (QED) is 0.766. The first kappa shape index (κ1) is 11.8. The summed E-state index contributed by atoms with van der Waals surface area (Å²) in [6.45, 7) is 6.15. The van der Waals surface area contributed by atoms with Gasteiger partial charge in [0.25, 0.3) is 0 Å². The molecule has 0 N–H and O–H groups in total. The van der Waals surface area contributed by atoms with Gasteiger partial charge in [-0.1, -0.05) is 6.92 Å². The number of fused-ring (bicyclic) bond motifs is 2. The zero-order valence-corrected chi connectivity index (χ0v) is 11.1. The summed E-state index contributed by atoms with van der Waals surface area (Å²) in [6, 6.07) is 3.86. The zero-order valence-electron chi connectivity index (χ0n) is 11.1. The number of carbonyl (C=O) groups excluding carboxylic acids is 1. The third-order valence-electron chi connectivity index (χ3n) is 4.64. The number of aromatic nitrogens is 1. The number of hydrogen-bond acceptors (Lipinski definition) is 3. The third-order valence-corrected chi connectivity index (χ3v) is 4.64. The number of likely N-dealkylation sites (N-methyl/N-ethyl adjacent to an activating group) is 1. The lowest BCUT2D eigenvalue weighted by molar-refractivity contribution is -0.0508. The van der Waals surface area contributed by atoms with Crippen molar-refractivity contribution in [3.8, 4) is 0 Å². The fraction of sp³-hybridized carbons (Fsp3) is 0.600. The number of hydrogen-bond donors (Lipinski definition) is 0. The molecule has 3 aliphatic rings. The largest absolute Gasteiger partial charge is 0.292 e. The molecule has 0 aromatic carbocycles.